The van der Waals surface area contributed by atoms with Gasteiger partial charge in [0.2, 0.25) is 5.91 Å². The lowest BCUT2D eigenvalue weighted by Crippen LogP contribution is -2.32. The number of carbonyl (C=O) groups excluding carboxylic acids is 2. The normalized spacial score (nSPS) is 10.0. The largest absolute Gasteiger partial charge is 0.459 e. The lowest BCUT2D eigenvalue weighted by atomic mass is 10.3. The third-order valence-corrected chi connectivity index (χ3v) is 2.64. The van der Waals surface area contributed by atoms with Gasteiger partial charge in [-0.25, -0.2) is 4.98 Å². The van der Waals surface area contributed by atoms with Gasteiger partial charge in [0.1, 0.15) is 5.82 Å². The van der Waals surface area contributed by atoms with Crippen molar-refractivity contribution in [3.05, 3.63) is 42.5 Å². The maximum Gasteiger partial charge on any atom is 0.287 e. The number of pyridine rings is 1. The number of anilines is 2. The molecule has 7 heteroatoms. The quantitative estimate of drug-likeness (QED) is 0.860. The zero-order valence-electron chi connectivity index (χ0n) is 11.8. The summed E-state index contributed by atoms with van der Waals surface area (Å²) in [4.78, 5) is 29.3. The maximum atomic E-state index is 11.7. The number of rotatable bonds is 5. The fourth-order valence-corrected chi connectivity index (χ4v) is 1.59. The fraction of sp³-hybridized carbons (Fsp3) is 0.214. The van der Waals surface area contributed by atoms with Gasteiger partial charge in [0, 0.05) is 14.1 Å². The molecule has 0 aliphatic rings. The number of hydrogen-bond acceptors (Lipinski definition) is 5. The third kappa shape index (κ3) is 4.07. The van der Waals surface area contributed by atoms with Crippen molar-refractivity contribution in [2.75, 3.05) is 30.9 Å². The number of hydrogen-bond donors (Lipinski definition) is 2. The standard InChI is InChI=1S/C14H16N4O3/c1-18(2)12-6-5-10(8-15-12)17-13(19)9-16-14(20)11-4-3-7-21-11/h3-8H,9H2,1-2H3,(H,16,20)(H,17,19). The Morgan fingerprint density at radius 3 is 2.67 bits per heavy atom. The molecule has 110 valence electrons. The number of nitrogens with one attached hydrogen (secondary N) is 2. The lowest BCUT2D eigenvalue weighted by Gasteiger charge is -2.11. The van der Waals surface area contributed by atoms with Crippen LogP contribution in [-0.2, 0) is 4.79 Å². The molecular formula is C14H16N4O3. The van der Waals surface area contributed by atoms with Crippen molar-refractivity contribution < 1.29 is 14.0 Å². The molecule has 2 heterocycles. The Morgan fingerprint density at radius 2 is 2.10 bits per heavy atom. The van der Waals surface area contributed by atoms with Gasteiger partial charge in [0.15, 0.2) is 5.76 Å². The molecule has 0 aliphatic heterocycles. The van der Waals surface area contributed by atoms with Crippen molar-refractivity contribution in [2.45, 2.75) is 0 Å². The van der Waals surface area contributed by atoms with E-state index in [-0.39, 0.29) is 18.2 Å². The van der Waals surface area contributed by atoms with E-state index in [1.807, 2.05) is 19.0 Å². The Hall–Kier alpha value is -2.83. The van der Waals surface area contributed by atoms with Gasteiger partial charge < -0.3 is 20.0 Å². The molecule has 2 aromatic heterocycles. The molecule has 7 nitrogen and oxygen atoms in total. The summed E-state index contributed by atoms with van der Waals surface area (Å²) in [6.07, 6.45) is 2.95. The molecule has 2 amide bonds. The van der Waals surface area contributed by atoms with E-state index in [0.717, 1.165) is 5.82 Å². The van der Waals surface area contributed by atoms with Crippen LogP contribution in [0.2, 0.25) is 0 Å². The second-order valence-corrected chi connectivity index (χ2v) is 4.51. The van der Waals surface area contributed by atoms with Crippen molar-refractivity contribution in [1.29, 1.82) is 0 Å². The first-order chi connectivity index (χ1) is 10.1. The van der Waals surface area contributed by atoms with E-state index in [4.69, 9.17) is 4.42 Å². The minimum absolute atomic E-state index is 0.144. The Balaban J connectivity index is 1.83. The molecule has 2 rings (SSSR count). The minimum atomic E-state index is -0.434. The molecule has 0 saturated heterocycles. The summed E-state index contributed by atoms with van der Waals surface area (Å²) in [7, 11) is 3.76. The van der Waals surface area contributed by atoms with E-state index in [9.17, 15) is 9.59 Å². The molecule has 0 atom stereocenters. The van der Waals surface area contributed by atoms with Crippen molar-refractivity contribution in [2.24, 2.45) is 0 Å². The molecule has 2 aromatic rings. The smallest absolute Gasteiger partial charge is 0.287 e. The topological polar surface area (TPSA) is 87.5 Å². The first kappa shape index (κ1) is 14.6. The highest BCUT2D eigenvalue weighted by molar-refractivity contribution is 5.97. The van der Waals surface area contributed by atoms with Gasteiger partial charge in [-0.1, -0.05) is 0 Å². The zero-order chi connectivity index (χ0) is 15.2. The predicted molar refractivity (Wildman–Crippen MR) is 78.2 cm³/mol. The molecule has 0 radical (unpaired) electrons. The summed E-state index contributed by atoms with van der Waals surface area (Å²) in [5, 5.41) is 5.10. The highest BCUT2D eigenvalue weighted by Gasteiger charge is 2.10. The number of amides is 2. The van der Waals surface area contributed by atoms with Gasteiger partial charge in [-0.05, 0) is 24.3 Å². The van der Waals surface area contributed by atoms with Crippen LogP contribution in [0.3, 0.4) is 0 Å². The van der Waals surface area contributed by atoms with Gasteiger partial charge >= 0.3 is 0 Å². The van der Waals surface area contributed by atoms with Crippen LogP contribution in [0.15, 0.2) is 41.1 Å². The van der Waals surface area contributed by atoms with Gasteiger partial charge in [-0.3, -0.25) is 9.59 Å². The molecule has 0 aromatic carbocycles. The zero-order valence-corrected chi connectivity index (χ0v) is 11.8. The van der Waals surface area contributed by atoms with Crippen molar-refractivity contribution >= 4 is 23.3 Å². The van der Waals surface area contributed by atoms with Gasteiger partial charge in [-0.2, -0.15) is 0 Å². The van der Waals surface area contributed by atoms with Crippen LogP contribution in [-0.4, -0.2) is 37.4 Å². The highest BCUT2D eigenvalue weighted by atomic mass is 16.3. The molecule has 0 bridgehead atoms. The van der Waals surface area contributed by atoms with Crippen LogP contribution in [0, 0.1) is 0 Å². The second kappa shape index (κ2) is 6.56. The van der Waals surface area contributed by atoms with Crippen LogP contribution in [0.4, 0.5) is 11.5 Å². The monoisotopic (exact) mass is 288 g/mol. The summed E-state index contributed by atoms with van der Waals surface area (Å²) < 4.78 is 4.92. The summed E-state index contributed by atoms with van der Waals surface area (Å²) in [6, 6.07) is 6.66. The van der Waals surface area contributed by atoms with E-state index in [1.54, 1.807) is 24.4 Å². The molecule has 2 N–H and O–H groups in total. The van der Waals surface area contributed by atoms with E-state index in [0.29, 0.717) is 5.69 Å². The van der Waals surface area contributed by atoms with Crippen molar-refractivity contribution in [1.82, 2.24) is 10.3 Å². The van der Waals surface area contributed by atoms with Crippen LogP contribution in [0.25, 0.3) is 0 Å². The number of furan rings is 1. The first-order valence-corrected chi connectivity index (χ1v) is 6.31. The molecule has 0 saturated carbocycles. The van der Waals surface area contributed by atoms with Crippen LogP contribution in [0.5, 0.6) is 0 Å². The first-order valence-electron chi connectivity index (χ1n) is 6.31. The van der Waals surface area contributed by atoms with E-state index in [2.05, 4.69) is 15.6 Å². The molecule has 21 heavy (non-hydrogen) atoms. The van der Waals surface area contributed by atoms with Gasteiger partial charge in [0.05, 0.1) is 24.7 Å². The number of nitrogens with zero attached hydrogens (tertiary/aromatic N) is 2. The lowest BCUT2D eigenvalue weighted by molar-refractivity contribution is -0.115. The number of aromatic nitrogens is 1. The minimum Gasteiger partial charge on any atom is -0.459 e. The SMILES string of the molecule is CN(C)c1ccc(NC(=O)CNC(=O)c2ccco2)cn1. The third-order valence-electron chi connectivity index (χ3n) is 2.64. The van der Waals surface area contributed by atoms with Crippen LogP contribution in [0.1, 0.15) is 10.6 Å². The van der Waals surface area contributed by atoms with Gasteiger partial charge in [0.25, 0.3) is 5.91 Å². The Labute approximate surface area is 122 Å². The van der Waals surface area contributed by atoms with Gasteiger partial charge in [-0.15, -0.1) is 0 Å². The predicted octanol–water partition coefficient (Wildman–Crippen LogP) is 1.11. The molecule has 0 fully saturated rings. The fourth-order valence-electron chi connectivity index (χ4n) is 1.59. The summed E-state index contributed by atoms with van der Waals surface area (Å²) >= 11 is 0. The molecular weight excluding hydrogens is 272 g/mol. The maximum absolute atomic E-state index is 11.7. The van der Waals surface area contributed by atoms with Crippen LogP contribution < -0.4 is 15.5 Å². The Bertz CT molecular complexity index is 606. The molecule has 0 aliphatic carbocycles. The summed E-state index contributed by atoms with van der Waals surface area (Å²) in [5.74, 6) is 0.185. The second-order valence-electron chi connectivity index (χ2n) is 4.51. The average Bonchev–Trinajstić information content (AvgIpc) is 2.99. The molecule has 0 spiro atoms. The summed E-state index contributed by atoms with van der Waals surface area (Å²) in [5.41, 5.74) is 0.567. The summed E-state index contributed by atoms with van der Waals surface area (Å²) in [6.45, 7) is -0.144. The van der Waals surface area contributed by atoms with E-state index < -0.39 is 5.91 Å². The molecule has 0 unspecified atom stereocenters. The Morgan fingerprint density at radius 1 is 1.29 bits per heavy atom. The van der Waals surface area contributed by atoms with E-state index in [1.165, 1.54) is 12.3 Å². The highest BCUT2D eigenvalue weighted by Crippen LogP contribution is 2.11. The average molecular weight is 288 g/mol. The van der Waals surface area contributed by atoms with Crippen molar-refractivity contribution in [3.8, 4) is 0 Å². The van der Waals surface area contributed by atoms with Crippen molar-refractivity contribution in [3.63, 3.8) is 0 Å². The van der Waals surface area contributed by atoms with E-state index >= 15 is 0 Å². The number of carbonyl (C=O) groups is 2. The Kier molecular flexibility index (Phi) is 4.55. The van der Waals surface area contributed by atoms with Crippen LogP contribution >= 0.6 is 0 Å².